The number of hydrogen-bond donors (Lipinski definition) is 0. The Morgan fingerprint density at radius 2 is 1.95 bits per heavy atom. The fourth-order valence-electron chi connectivity index (χ4n) is 2.56. The lowest BCUT2D eigenvalue weighted by Gasteiger charge is -2.39. The van der Waals surface area contributed by atoms with Crippen molar-refractivity contribution in [3.63, 3.8) is 0 Å². The van der Waals surface area contributed by atoms with E-state index in [0.29, 0.717) is 12.2 Å². The van der Waals surface area contributed by atoms with Crippen molar-refractivity contribution in [2.45, 2.75) is 26.3 Å². The molecule has 2 rings (SSSR count). The van der Waals surface area contributed by atoms with Crippen LogP contribution in [0.25, 0.3) is 0 Å². The third kappa shape index (κ3) is 2.53. The molecule has 0 aliphatic carbocycles. The lowest BCUT2D eigenvalue weighted by Crippen LogP contribution is -2.47. The number of benzene rings is 1. The zero-order chi connectivity index (χ0) is 14.0. The van der Waals surface area contributed by atoms with Crippen molar-refractivity contribution in [3.8, 4) is 11.5 Å². The van der Waals surface area contributed by atoms with E-state index in [2.05, 4.69) is 11.8 Å². The first-order chi connectivity index (χ1) is 9.08. The average molecular weight is 263 g/mol. The van der Waals surface area contributed by atoms with E-state index in [-0.39, 0.29) is 12.0 Å². The normalized spacial score (nSPS) is 23.4. The minimum absolute atomic E-state index is 0.0460. The molecule has 2 atom stereocenters. The van der Waals surface area contributed by atoms with Gasteiger partial charge in [-0.3, -0.25) is 4.79 Å². The minimum atomic E-state index is 0.0460. The fraction of sp³-hybridized carbons (Fsp3) is 0.533. The highest BCUT2D eigenvalue weighted by Gasteiger charge is 2.32. The van der Waals surface area contributed by atoms with Crippen LogP contribution in [0.5, 0.6) is 11.5 Å². The van der Waals surface area contributed by atoms with Crippen molar-refractivity contribution in [1.82, 2.24) is 0 Å². The van der Waals surface area contributed by atoms with Crippen LogP contribution in [0.2, 0.25) is 0 Å². The molecule has 0 bridgehead atoms. The number of carbonyl (C=O) groups is 1. The Morgan fingerprint density at radius 3 is 2.58 bits per heavy atom. The van der Waals surface area contributed by atoms with Gasteiger partial charge < -0.3 is 14.4 Å². The number of rotatable bonds is 3. The molecular weight excluding hydrogens is 242 g/mol. The zero-order valence-electron chi connectivity index (χ0n) is 12.0. The van der Waals surface area contributed by atoms with Crippen LogP contribution in [-0.4, -0.2) is 32.6 Å². The molecule has 0 amide bonds. The maximum atomic E-state index is 11.8. The molecule has 19 heavy (non-hydrogen) atoms. The Bertz CT molecular complexity index is 472. The second-order valence-corrected chi connectivity index (χ2v) is 4.98. The van der Waals surface area contributed by atoms with Gasteiger partial charge in [0.05, 0.1) is 19.9 Å². The lowest BCUT2D eigenvalue weighted by molar-refractivity contribution is -0.123. The van der Waals surface area contributed by atoms with Crippen LogP contribution in [0.15, 0.2) is 18.2 Å². The number of hydrogen-bond acceptors (Lipinski definition) is 4. The molecule has 0 N–H and O–H groups in total. The zero-order valence-corrected chi connectivity index (χ0v) is 12.0. The molecule has 1 aliphatic rings. The third-order valence-electron chi connectivity index (χ3n) is 4.02. The fourth-order valence-corrected chi connectivity index (χ4v) is 2.56. The van der Waals surface area contributed by atoms with Crippen LogP contribution in [0.4, 0.5) is 5.69 Å². The van der Waals surface area contributed by atoms with Gasteiger partial charge >= 0.3 is 0 Å². The molecule has 1 saturated heterocycles. The number of methoxy groups -OCH3 is 2. The summed E-state index contributed by atoms with van der Waals surface area (Å²) in [4.78, 5) is 14.0. The Morgan fingerprint density at radius 1 is 1.21 bits per heavy atom. The molecule has 4 nitrogen and oxygen atoms in total. The Balaban J connectivity index is 2.37. The highest BCUT2D eigenvalue weighted by atomic mass is 16.5. The van der Waals surface area contributed by atoms with Crippen molar-refractivity contribution < 1.29 is 14.3 Å². The van der Waals surface area contributed by atoms with Crippen molar-refractivity contribution in [2.75, 3.05) is 25.7 Å². The first-order valence-electron chi connectivity index (χ1n) is 6.60. The van der Waals surface area contributed by atoms with Crippen molar-refractivity contribution in [1.29, 1.82) is 0 Å². The number of anilines is 1. The van der Waals surface area contributed by atoms with Gasteiger partial charge in [0.1, 0.15) is 17.3 Å². The predicted molar refractivity (Wildman–Crippen MR) is 75.1 cm³/mol. The van der Waals surface area contributed by atoms with E-state index in [9.17, 15) is 4.79 Å². The summed E-state index contributed by atoms with van der Waals surface area (Å²) in [5.41, 5.74) is 0.994. The van der Waals surface area contributed by atoms with Gasteiger partial charge in [0.25, 0.3) is 0 Å². The third-order valence-corrected chi connectivity index (χ3v) is 4.02. The first kappa shape index (κ1) is 13.7. The molecule has 0 radical (unpaired) electrons. The van der Waals surface area contributed by atoms with Crippen LogP contribution in [0.1, 0.15) is 20.3 Å². The Kier molecular flexibility index (Phi) is 3.98. The van der Waals surface area contributed by atoms with E-state index in [4.69, 9.17) is 9.47 Å². The maximum Gasteiger partial charge on any atom is 0.142 e. The van der Waals surface area contributed by atoms with Gasteiger partial charge in [0.15, 0.2) is 0 Å². The Hall–Kier alpha value is -1.71. The lowest BCUT2D eigenvalue weighted by atomic mass is 9.90. The highest BCUT2D eigenvalue weighted by Crippen LogP contribution is 2.36. The summed E-state index contributed by atoms with van der Waals surface area (Å²) in [5.74, 6) is 2.00. The van der Waals surface area contributed by atoms with Gasteiger partial charge in [0.2, 0.25) is 0 Å². The Labute approximate surface area is 114 Å². The highest BCUT2D eigenvalue weighted by molar-refractivity contribution is 5.84. The second kappa shape index (κ2) is 5.51. The van der Waals surface area contributed by atoms with E-state index in [1.54, 1.807) is 14.2 Å². The van der Waals surface area contributed by atoms with Gasteiger partial charge in [0, 0.05) is 31.0 Å². The van der Waals surface area contributed by atoms with Gasteiger partial charge in [-0.05, 0) is 19.1 Å². The molecule has 0 saturated carbocycles. The summed E-state index contributed by atoms with van der Waals surface area (Å²) >= 11 is 0. The molecule has 0 spiro atoms. The quantitative estimate of drug-likeness (QED) is 0.840. The number of Topliss-reactive ketones (excluding diaryl/α,β-unsaturated/α-hetero) is 1. The van der Waals surface area contributed by atoms with Crippen molar-refractivity contribution in [2.24, 2.45) is 5.92 Å². The molecule has 1 fully saturated rings. The van der Waals surface area contributed by atoms with E-state index < -0.39 is 0 Å². The largest absolute Gasteiger partial charge is 0.497 e. The molecule has 1 heterocycles. The van der Waals surface area contributed by atoms with Gasteiger partial charge in [-0.1, -0.05) is 6.92 Å². The predicted octanol–water partition coefficient (Wildman–Crippen LogP) is 2.51. The van der Waals surface area contributed by atoms with Crippen LogP contribution in [-0.2, 0) is 4.79 Å². The molecule has 4 heteroatoms. The summed E-state index contributed by atoms with van der Waals surface area (Å²) in [6.07, 6.45) is 0.589. The van der Waals surface area contributed by atoms with E-state index >= 15 is 0 Å². The average Bonchev–Trinajstić information content (AvgIpc) is 2.44. The second-order valence-electron chi connectivity index (χ2n) is 4.98. The molecule has 0 aromatic heterocycles. The smallest absolute Gasteiger partial charge is 0.142 e. The summed E-state index contributed by atoms with van der Waals surface area (Å²) in [5, 5.41) is 0. The first-order valence-corrected chi connectivity index (χ1v) is 6.60. The molecule has 1 aromatic carbocycles. The summed E-state index contributed by atoms with van der Waals surface area (Å²) in [6, 6.07) is 5.92. The summed E-state index contributed by atoms with van der Waals surface area (Å²) in [6.45, 7) is 4.81. The molecule has 104 valence electrons. The number of nitrogens with zero attached hydrogens (tertiary/aromatic N) is 1. The monoisotopic (exact) mass is 263 g/mol. The standard InChI is InChI=1S/C15H21NO3/c1-10-11(2)16(8-7-14(10)17)13-9-12(18-3)5-6-15(13)19-4/h5-6,9-11H,7-8H2,1-4H3. The van der Waals surface area contributed by atoms with Gasteiger partial charge in [-0.2, -0.15) is 0 Å². The summed E-state index contributed by atoms with van der Waals surface area (Å²) < 4.78 is 10.7. The molecule has 2 unspecified atom stereocenters. The molecule has 1 aliphatic heterocycles. The van der Waals surface area contributed by atoms with E-state index in [1.807, 2.05) is 25.1 Å². The number of ether oxygens (including phenoxy) is 2. The molecule has 1 aromatic rings. The van der Waals surface area contributed by atoms with E-state index in [0.717, 1.165) is 23.7 Å². The number of ketones is 1. The summed E-state index contributed by atoms with van der Waals surface area (Å²) in [7, 11) is 3.31. The van der Waals surface area contributed by atoms with Gasteiger partial charge in [-0.15, -0.1) is 0 Å². The van der Waals surface area contributed by atoms with Crippen LogP contribution < -0.4 is 14.4 Å². The van der Waals surface area contributed by atoms with Gasteiger partial charge in [-0.25, -0.2) is 0 Å². The van der Waals surface area contributed by atoms with Crippen LogP contribution in [0.3, 0.4) is 0 Å². The van der Waals surface area contributed by atoms with E-state index in [1.165, 1.54) is 0 Å². The minimum Gasteiger partial charge on any atom is -0.497 e. The van der Waals surface area contributed by atoms with Crippen LogP contribution >= 0.6 is 0 Å². The topological polar surface area (TPSA) is 38.8 Å². The molecular formula is C15H21NO3. The number of piperidine rings is 1. The maximum absolute atomic E-state index is 11.8. The van der Waals surface area contributed by atoms with Crippen molar-refractivity contribution in [3.05, 3.63) is 18.2 Å². The van der Waals surface area contributed by atoms with Crippen molar-refractivity contribution >= 4 is 11.5 Å². The number of carbonyl (C=O) groups excluding carboxylic acids is 1. The van der Waals surface area contributed by atoms with Crippen LogP contribution in [0, 0.1) is 5.92 Å². The SMILES string of the molecule is COc1ccc(OC)c(N2CCC(=O)C(C)C2C)c1.